The van der Waals surface area contributed by atoms with Crippen LogP contribution in [0.4, 0.5) is 10.2 Å². The molecule has 8 heteroatoms. The minimum Gasteiger partial charge on any atom is -0.355 e. The molecule has 156 valence electrons. The number of benzene rings is 1. The van der Waals surface area contributed by atoms with E-state index in [0.29, 0.717) is 35.2 Å². The van der Waals surface area contributed by atoms with Gasteiger partial charge in [0.25, 0.3) is 5.71 Å². The Bertz CT molecular complexity index is 1050. The van der Waals surface area contributed by atoms with Crippen LogP contribution in [0.2, 0.25) is 0 Å². The van der Waals surface area contributed by atoms with Gasteiger partial charge >= 0.3 is 0 Å². The standard InChI is InChI=1S/C22H24FN5O2/c23-16-9-7-14(8-10-16)19-18-20(24-13-25-22(18)30-27-19)28-11-3-4-15(12-28)21(29)26-17-5-1-2-6-17/h7-10,13,15,17H,1-6,11-12H2,(H,26,29). The molecule has 1 saturated heterocycles. The van der Waals surface area contributed by atoms with E-state index in [1.165, 1.54) is 31.3 Å². The number of piperidine rings is 1. The monoisotopic (exact) mass is 409 g/mol. The number of rotatable bonds is 4. The number of anilines is 1. The summed E-state index contributed by atoms with van der Waals surface area (Å²) in [5.41, 5.74) is 1.70. The van der Waals surface area contributed by atoms with Gasteiger partial charge in [0.15, 0.2) is 0 Å². The summed E-state index contributed by atoms with van der Waals surface area (Å²) in [6, 6.07) is 6.43. The van der Waals surface area contributed by atoms with Crippen molar-refractivity contribution in [3.63, 3.8) is 0 Å². The first kappa shape index (κ1) is 19.0. The number of halogens is 1. The molecule has 3 heterocycles. The van der Waals surface area contributed by atoms with E-state index in [1.54, 1.807) is 12.1 Å². The Hall–Kier alpha value is -3.03. The number of hydrogen-bond acceptors (Lipinski definition) is 6. The number of nitrogens with one attached hydrogen (secondary N) is 1. The third-order valence-electron chi connectivity index (χ3n) is 6.16. The Labute approximate surface area is 173 Å². The van der Waals surface area contributed by atoms with Gasteiger partial charge in [-0.15, -0.1) is 0 Å². The first-order valence-corrected chi connectivity index (χ1v) is 10.6. The lowest BCUT2D eigenvalue weighted by Gasteiger charge is -2.33. The maximum absolute atomic E-state index is 13.4. The van der Waals surface area contributed by atoms with Crippen LogP contribution in [-0.4, -0.2) is 40.2 Å². The van der Waals surface area contributed by atoms with Crippen molar-refractivity contribution in [1.29, 1.82) is 0 Å². The molecular weight excluding hydrogens is 385 g/mol. The average molecular weight is 409 g/mol. The molecule has 2 aliphatic rings. The fourth-order valence-corrected chi connectivity index (χ4v) is 4.59. The zero-order valence-electron chi connectivity index (χ0n) is 16.7. The molecule has 0 bridgehead atoms. The molecule has 2 aromatic heterocycles. The maximum Gasteiger partial charge on any atom is 0.263 e. The van der Waals surface area contributed by atoms with Crippen LogP contribution in [0.3, 0.4) is 0 Å². The highest BCUT2D eigenvalue weighted by molar-refractivity contribution is 5.98. The lowest BCUT2D eigenvalue weighted by Crippen LogP contribution is -2.45. The van der Waals surface area contributed by atoms with Gasteiger partial charge in [-0.25, -0.2) is 9.37 Å². The molecule has 0 radical (unpaired) electrons. The quantitative estimate of drug-likeness (QED) is 0.707. The van der Waals surface area contributed by atoms with Crippen LogP contribution in [-0.2, 0) is 4.79 Å². The Morgan fingerprint density at radius 3 is 2.70 bits per heavy atom. The smallest absolute Gasteiger partial charge is 0.263 e. The third kappa shape index (κ3) is 3.62. The topological polar surface area (TPSA) is 84.2 Å². The summed E-state index contributed by atoms with van der Waals surface area (Å²) in [4.78, 5) is 23.7. The molecule has 0 spiro atoms. The molecule has 30 heavy (non-hydrogen) atoms. The molecule has 1 unspecified atom stereocenters. The Morgan fingerprint density at radius 2 is 1.90 bits per heavy atom. The van der Waals surface area contributed by atoms with Crippen LogP contribution in [0.1, 0.15) is 38.5 Å². The number of hydrogen-bond donors (Lipinski definition) is 1. The van der Waals surface area contributed by atoms with Crippen LogP contribution >= 0.6 is 0 Å². The molecule has 1 N–H and O–H groups in total. The van der Waals surface area contributed by atoms with E-state index in [-0.39, 0.29) is 17.6 Å². The second-order valence-electron chi connectivity index (χ2n) is 8.19. The Kier molecular flexibility index (Phi) is 5.06. The van der Waals surface area contributed by atoms with Gasteiger partial charge in [0.2, 0.25) is 5.91 Å². The highest BCUT2D eigenvalue weighted by atomic mass is 19.1. The molecule has 1 atom stereocenters. The lowest BCUT2D eigenvalue weighted by molar-refractivity contribution is -0.125. The second-order valence-corrected chi connectivity index (χ2v) is 8.19. The van der Waals surface area contributed by atoms with Gasteiger partial charge < -0.3 is 14.7 Å². The van der Waals surface area contributed by atoms with E-state index in [0.717, 1.165) is 37.8 Å². The van der Waals surface area contributed by atoms with E-state index in [9.17, 15) is 9.18 Å². The van der Waals surface area contributed by atoms with Gasteiger partial charge in [-0.05, 0) is 49.9 Å². The van der Waals surface area contributed by atoms with Gasteiger partial charge in [0.1, 0.15) is 29.0 Å². The summed E-state index contributed by atoms with van der Waals surface area (Å²) >= 11 is 0. The van der Waals surface area contributed by atoms with Crippen LogP contribution in [0.5, 0.6) is 0 Å². The van der Waals surface area contributed by atoms with Crippen LogP contribution in [0.15, 0.2) is 35.1 Å². The van der Waals surface area contributed by atoms with Crippen LogP contribution in [0.25, 0.3) is 22.4 Å². The van der Waals surface area contributed by atoms with Crippen LogP contribution < -0.4 is 10.2 Å². The van der Waals surface area contributed by atoms with E-state index < -0.39 is 0 Å². The first-order valence-electron chi connectivity index (χ1n) is 10.6. The zero-order valence-corrected chi connectivity index (χ0v) is 16.7. The van der Waals surface area contributed by atoms with Gasteiger partial charge in [0.05, 0.1) is 5.92 Å². The molecule has 1 saturated carbocycles. The van der Waals surface area contributed by atoms with Gasteiger partial charge in [0, 0.05) is 24.7 Å². The number of fused-ring (bicyclic) bond motifs is 1. The van der Waals surface area contributed by atoms with E-state index in [2.05, 4.69) is 25.3 Å². The van der Waals surface area contributed by atoms with E-state index in [1.807, 2.05) is 0 Å². The number of amides is 1. The third-order valence-corrected chi connectivity index (χ3v) is 6.16. The van der Waals surface area contributed by atoms with E-state index in [4.69, 9.17) is 4.52 Å². The summed E-state index contributed by atoms with van der Waals surface area (Å²) < 4.78 is 18.8. The predicted molar refractivity (Wildman–Crippen MR) is 110 cm³/mol. The van der Waals surface area contributed by atoms with Crippen LogP contribution in [0, 0.1) is 11.7 Å². The minimum absolute atomic E-state index is 0.0708. The lowest BCUT2D eigenvalue weighted by atomic mass is 9.96. The average Bonchev–Trinajstić information content (AvgIpc) is 3.44. The van der Waals surface area contributed by atoms with Crippen molar-refractivity contribution in [2.75, 3.05) is 18.0 Å². The molecule has 7 nitrogen and oxygen atoms in total. The number of carbonyl (C=O) groups is 1. The van der Waals surface area contributed by atoms with Crippen molar-refractivity contribution in [2.45, 2.75) is 44.6 Å². The normalized spacial score (nSPS) is 20.0. The van der Waals surface area contributed by atoms with E-state index >= 15 is 0 Å². The number of aromatic nitrogens is 3. The number of nitrogens with zero attached hydrogens (tertiary/aromatic N) is 4. The molecule has 1 aromatic carbocycles. The Morgan fingerprint density at radius 1 is 1.10 bits per heavy atom. The zero-order chi connectivity index (χ0) is 20.5. The SMILES string of the molecule is O=C(NC1CCCC1)C1CCCN(c2ncnc3onc(-c4ccc(F)cc4)c23)C1. The van der Waals surface area contributed by atoms with Gasteiger partial charge in [-0.3, -0.25) is 4.79 Å². The van der Waals surface area contributed by atoms with Crippen molar-refractivity contribution >= 4 is 22.8 Å². The Balaban J connectivity index is 1.43. The fraction of sp³-hybridized carbons (Fsp3) is 0.455. The highest BCUT2D eigenvalue weighted by Crippen LogP contribution is 2.35. The predicted octanol–water partition coefficient (Wildman–Crippen LogP) is 3.70. The van der Waals surface area contributed by atoms with Crippen molar-refractivity contribution < 1.29 is 13.7 Å². The summed E-state index contributed by atoms with van der Waals surface area (Å²) in [6.07, 6.45) is 7.79. The van der Waals surface area contributed by atoms with Gasteiger partial charge in [-0.2, -0.15) is 4.98 Å². The molecule has 3 aromatic rings. The molecule has 1 aliphatic heterocycles. The largest absolute Gasteiger partial charge is 0.355 e. The van der Waals surface area contributed by atoms with Crippen molar-refractivity contribution in [2.24, 2.45) is 5.92 Å². The van der Waals surface area contributed by atoms with Crippen molar-refractivity contribution in [3.8, 4) is 11.3 Å². The number of carbonyl (C=O) groups excluding carboxylic acids is 1. The summed E-state index contributed by atoms with van der Waals surface area (Å²) in [5.74, 6) is 0.466. The maximum atomic E-state index is 13.4. The second kappa shape index (κ2) is 8.01. The van der Waals surface area contributed by atoms with Crippen molar-refractivity contribution in [3.05, 3.63) is 36.4 Å². The summed E-state index contributed by atoms with van der Waals surface area (Å²) in [5, 5.41) is 8.09. The van der Waals surface area contributed by atoms with Gasteiger partial charge in [-0.1, -0.05) is 18.0 Å². The molecule has 2 fully saturated rings. The summed E-state index contributed by atoms with van der Waals surface area (Å²) in [7, 11) is 0. The molecule has 1 amide bonds. The van der Waals surface area contributed by atoms with Crippen molar-refractivity contribution in [1.82, 2.24) is 20.4 Å². The molecular formula is C22H24FN5O2. The summed E-state index contributed by atoms with van der Waals surface area (Å²) in [6.45, 7) is 1.39. The highest BCUT2D eigenvalue weighted by Gasteiger charge is 2.30. The molecule has 1 aliphatic carbocycles. The first-order chi connectivity index (χ1) is 14.7. The fourth-order valence-electron chi connectivity index (χ4n) is 4.59. The molecule has 5 rings (SSSR count). The minimum atomic E-state index is -0.310.